The van der Waals surface area contributed by atoms with Crippen molar-refractivity contribution in [2.24, 2.45) is 5.41 Å². The van der Waals surface area contributed by atoms with Gasteiger partial charge in [0.05, 0.1) is 11.8 Å². The van der Waals surface area contributed by atoms with Crippen LogP contribution in [0.1, 0.15) is 12.8 Å². The molecule has 1 amide bonds. The lowest BCUT2D eigenvalue weighted by molar-refractivity contribution is -0.126. The first kappa shape index (κ1) is 14.5. The fourth-order valence-electron chi connectivity index (χ4n) is 1.94. The van der Waals surface area contributed by atoms with E-state index in [9.17, 15) is 10.1 Å². The molecule has 100 valence electrons. The maximum Gasteiger partial charge on any atom is 0.245 e. The molecule has 0 aliphatic carbocycles. The predicted molar refractivity (Wildman–Crippen MR) is 78.6 cm³/mol. The Morgan fingerprint density at radius 1 is 1.37 bits per heavy atom. The van der Waals surface area contributed by atoms with E-state index in [1.807, 2.05) is 12.1 Å². The maximum atomic E-state index is 12.4. The summed E-state index contributed by atoms with van der Waals surface area (Å²) in [5.74, 6) is -0.267. The van der Waals surface area contributed by atoms with Crippen LogP contribution in [0.4, 0.5) is 5.69 Å². The van der Waals surface area contributed by atoms with Crippen molar-refractivity contribution < 1.29 is 9.53 Å². The Bertz CT molecular complexity index is 534. The second-order valence-corrected chi connectivity index (χ2v) is 6.15. The number of rotatable bonds is 2. The highest BCUT2D eigenvalue weighted by molar-refractivity contribution is 9.11. The van der Waals surface area contributed by atoms with Gasteiger partial charge < -0.3 is 10.1 Å². The van der Waals surface area contributed by atoms with Crippen molar-refractivity contribution in [2.75, 3.05) is 18.5 Å². The van der Waals surface area contributed by atoms with Gasteiger partial charge in [0.2, 0.25) is 5.91 Å². The second kappa shape index (κ2) is 6.04. The van der Waals surface area contributed by atoms with Gasteiger partial charge in [0.15, 0.2) is 0 Å². The average Bonchev–Trinajstić information content (AvgIpc) is 2.43. The molecule has 1 heterocycles. The zero-order chi connectivity index (χ0) is 13.9. The monoisotopic (exact) mass is 386 g/mol. The number of nitriles is 1. The molecule has 0 radical (unpaired) electrons. The van der Waals surface area contributed by atoms with Gasteiger partial charge in [-0.3, -0.25) is 4.79 Å². The molecule has 2 rings (SSSR count). The van der Waals surface area contributed by atoms with Crippen molar-refractivity contribution in [3.63, 3.8) is 0 Å². The third kappa shape index (κ3) is 3.16. The van der Waals surface area contributed by atoms with Gasteiger partial charge >= 0.3 is 0 Å². The molecule has 1 fully saturated rings. The van der Waals surface area contributed by atoms with Crippen LogP contribution in [0.3, 0.4) is 0 Å². The number of ether oxygens (including phenoxy) is 1. The van der Waals surface area contributed by atoms with Gasteiger partial charge in [0, 0.05) is 22.2 Å². The number of halogens is 2. The molecule has 1 aliphatic rings. The summed E-state index contributed by atoms with van der Waals surface area (Å²) in [5.41, 5.74) is -0.333. The van der Waals surface area contributed by atoms with Crippen molar-refractivity contribution in [1.82, 2.24) is 0 Å². The SMILES string of the molecule is N#CC1(C(=O)Nc2cc(Br)ccc2Br)CCOCC1. The molecule has 4 nitrogen and oxygen atoms in total. The summed E-state index contributed by atoms with van der Waals surface area (Å²) >= 11 is 6.73. The zero-order valence-corrected chi connectivity index (χ0v) is 13.3. The van der Waals surface area contributed by atoms with Crippen LogP contribution in [0.25, 0.3) is 0 Å². The number of carbonyl (C=O) groups excluding carboxylic acids is 1. The van der Waals surface area contributed by atoms with Gasteiger partial charge in [-0.05, 0) is 47.0 Å². The molecule has 0 atom stereocenters. The molecule has 0 unspecified atom stereocenters. The summed E-state index contributed by atoms with van der Waals surface area (Å²) in [6, 6.07) is 7.66. The smallest absolute Gasteiger partial charge is 0.245 e. The van der Waals surface area contributed by atoms with Gasteiger partial charge in [-0.2, -0.15) is 5.26 Å². The van der Waals surface area contributed by atoms with E-state index in [4.69, 9.17) is 4.74 Å². The molecule has 0 saturated carbocycles. The summed E-state index contributed by atoms with van der Waals surface area (Å²) in [6.07, 6.45) is 0.863. The van der Waals surface area contributed by atoms with Crippen molar-refractivity contribution in [1.29, 1.82) is 5.26 Å². The first-order valence-corrected chi connectivity index (χ1v) is 7.41. The van der Waals surface area contributed by atoms with Crippen LogP contribution in [0.2, 0.25) is 0 Å². The Labute approximate surface area is 128 Å². The molecule has 1 saturated heterocycles. The number of anilines is 1. The van der Waals surface area contributed by atoms with Crippen LogP contribution in [0, 0.1) is 16.7 Å². The lowest BCUT2D eigenvalue weighted by Crippen LogP contribution is -2.40. The predicted octanol–water partition coefficient (Wildman–Crippen LogP) is 3.47. The minimum Gasteiger partial charge on any atom is -0.381 e. The summed E-state index contributed by atoms with van der Waals surface area (Å²) in [4.78, 5) is 12.4. The Hall–Kier alpha value is -0.900. The van der Waals surface area contributed by atoms with Gasteiger partial charge in [0.1, 0.15) is 5.41 Å². The van der Waals surface area contributed by atoms with Gasteiger partial charge in [-0.1, -0.05) is 15.9 Å². The Morgan fingerprint density at radius 3 is 2.68 bits per heavy atom. The summed E-state index contributed by atoms with van der Waals surface area (Å²) < 4.78 is 6.87. The quantitative estimate of drug-likeness (QED) is 0.844. The third-order valence-electron chi connectivity index (χ3n) is 3.17. The van der Waals surface area contributed by atoms with Crippen LogP contribution in [-0.2, 0) is 9.53 Å². The van der Waals surface area contributed by atoms with E-state index >= 15 is 0 Å². The fraction of sp³-hybridized carbons (Fsp3) is 0.385. The number of carbonyl (C=O) groups is 1. The normalized spacial score (nSPS) is 17.5. The Kier molecular flexibility index (Phi) is 4.61. The van der Waals surface area contributed by atoms with Crippen LogP contribution in [0.15, 0.2) is 27.1 Å². The lowest BCUT2D eigenvalue weighted by atomic mass is 9.81. The third-order valence-corrected chi connectivity index (χ3v) is 4.36. The fourth-order valence-corrected chi connectivity index (χ4v) is 2.65. The molecule has 1 aromatic rings. The number of nitrogens with zero attached hydrogens (tertiary/aromatic N) is 1. The molecule has 0 spiro atoms. The first-order chi connectivity index (χ1) is 9.07. The maximum absolute atomic E-state index is 12.4. The molecule has 1 aliphatic heterocycles. The van der Waals surface area contributed by atoms with Crippen molar-refractivity contribution in [3.05, 3.63) is 27.1 Å². The topological polar surface area (TPSA) is 62.1 Å². The summed E-state index contributed by atoms with van der Waals surface area (Å²) in [5, 5.41) is 12.1. The molecular weight excluding hydrogens is 376 g/mol. The van der Waals surface area contributed by atoms with E-state index in [1.165, 1.54) is 0 Å². The standard InChI is InChI=1S/C13H12Br2N2O2/c14-9-1-2-10(15)11(7-9)17-12(18)13(8-16)3-5-19-6-4-13/h1-2,7H,3-6H2,(H,17,18). The molecule has 0 aromatic heterocycles. The van der Waals surface area contributed by atoms with Gasteiger partial charge in [-0.15, -0.1) is 0 Å². The molecular formula is C13H12Br2N2O2. The second-order valence-electron chi connectivity index (χ2n) is 4.38. The van der Waals surface area contributed by atoms with E-state index < -0.39 is 5.41 Å². The molecule has 6 heteroatoms. The molecule has 1 N–H and O–H groups in total. The Balaban J connectivity index is 2.20. The van der Waals surface area contributed by atoms with Crippen LogP contribution in [0.5, 0.6) is 0 Å². The number of nitrogens with one attached hydrogen (secondary N) is 1. The number of hydrogen-bond acceptors (Lipinski definition) is 3. The van der Waals surface area contributed by atoms with Crippen molar-refractivity contribution in [3.8, 4) is 6.07 Å². The van der Waals surface area contributed by atoms with Gasteiger partial charge in [-0.25, -0.2) is 0 Å². The van der Waals surface area contributed by atoms with E-state index in [-0.39, 0.29) is 5.91 Å². The number of benzene rings is 1. The van der Waals surface area contributed by atoms with Crippen molar-refractivity contribution in [2.45, 2.75) is 12.8 Å². The lowest BCUT2D eigenvalue weighted by Gasteiger charge is -2.29. The summed E-state index contributed by atoms with van der Waals surface area (Å²) in [6.45, 7) is 0.890. The van der Waals surface area contributed by atoms with Crippen LogP contribution < -0.4 is 5.32 Å². The highest BCUT2D eigenvalue weighted by Gasteiger charge is 2.40. The first-order valence-electron chi connectivity index (χ1n) is 5.83. The summed E-state index contributed by atoms with van der Waals surface area (Å²) in [7, 11) is 0. The van der Waals surface area contributed by atoms with Crippen LogP contribution >= 0.6 is 31.9 Å². The minimum absolute atomic E-state index is 0.267. The molecule has 0 bridgehead atoms. The van der Waals surface area contributed by atoms with E-state index in [1.54, 1.807) is 6.07 Å². The number of hydrogen-bond donors (Lipinski definition) is 1. The van der Waals surface area contributed by atoms with Crippen LogP contribution in [-0.4, -0.2) is 19.1 Å². The average molecular weight is 388 g/mol. The van der Waals surface area contributed by atoms with E-state index in [0.717, 1.165) is 8.95 Å². The van der Waals surface area contributed by atoms with Crippen molar-refractivity contribution >= 4 is 43.5 Å². The number of amides is 1. The molecule has 19 heavy (non-hydrogen) atoms. The minimum atomic E-state index is -0.986. The Morgan fingerprint density at radius 2 is 2.05 bits per heavy atom. The largest absolute Gasteiger partial charge is 0.381 e. The highest BCUT2D eigenvalue weighted by atomic mass is 79.9. The van der Waals surface area contributed by atoms with E-state index in [2.05, 4.69) is 43.2 Å². The zero-order valence-electron chi connectivity index (χ0n) is 10.1. The highest BCUT2D eigenvalue weighted by Crippen LogP contribution is 2.33. The van der Waals surface area contributed by atoms with Gasteiger partial charge in [0.25, 0.3) is 0 Å². The molecule has 1 aromatic carbocycles. The van der Waals surface area contributed by atoms with E-state index in [0.29, 0.717) is 31.7 Å².